The summed E-state index contributed by atoms with van der Waals surface area (Å²) in [5.41, 5.74) is 5.41. The highest BCUT2D eigenvalue weighted by atomic mass is 15.3. The summed E-state index contributed by atoms with van der Waals surface area (Å²) in [6.07, 6.45) is 7.39. The molecule has 0 N–H and O–H groups in total. The quantitative estimate of drug-likeness (QED) is 0.454. The van der Waals surface area contributed by atoms with Crippen LogP contribution in [-0.4, -0.2) is 34.2 Å². The number of benzene rings is 1. The van der Waals surface area contributed by atoms with Crippen molar-refractivity contribution >= 4 is 11.3 Å². The van der Waals surface area contributed by atoms with Gasteiger partial charge in [-0.15, -0.1) is 10.2 Å². The van der Waals surface area contributed by atoms with Gasteiger partial charge in [-0.2, -0.15) is 0 Å². The zero-order valence-corrected chi connectivity index (χ0v) is 15.8. The Morgan fingerprint density at radius 2 is 1.17 bits per heavy atom. The largest absolute Gasteiger partial charge is 0.264 e. The molecule has 7 heteroatoms. The maximum atomic E-state index is 4.69. The monoisotopic (exact) mass is 389 g/mol. The first-order chi connectivity index (χ1) is 14.8. The van der Waals surface area contributed by atoms with Crippen molar-refractivity contribution < 1.29 is 0 Å². The topological polar surface area (TPSA) is 73.3 Å². The van der Waals surface area contributed by atoms with Gasteiger partial charge in [0.1, 0.15) is 0 Å². The Bertz CT molecular complexity index is 1340. The fourth-order valence-electron chi connectivity index (χ4n) is 3.49. The number of pyridine rings is 3. The van der Waals surface area contributed by atoms with Gasteiger partial charge in [0.2, 0.25) is 0 Å². The van der Waals surface area contributed by atoms with Crippen LogP contribution in [0.4, 0.5) is 0 Å². The van der Waals surface area contributed by atoms with Crippen LogP contribution in [0.1, 0.15) is 0 Å². The lowest BCUT2D eigenvalue weighted by atomic mass is 10.00. The van der Waals surface area contributed by atoms with E-state index in [2.05, 4.69) is 37.3 Å². The normalized spacial score (nSPS) is 11.3. The summed E-state index contributed by atoms with van der Waals surface area (Å²) < 4.78 is 3.55. The third kappa shape index (κ3) is 2.80. The van der Waals surface area contributed by atoms with Crippen LogP contribution < -0.4 is 0 Å². The first-order valence-electron chi connectivity index (χ1n) is 9.53. The Hall–Kier alpha value is -4.39. The fourth-order valence-corrected chi connectivity index (χ4v) is 3.49. The average molecular weight is 389 g/mol. The highest BCUT2D eigenvalue weighted by Crippen LogP contribution is 2.30. The molecule has 6 rings (SSSR count). The summed E-state index contributed by atoms with van der Waals surface area (Å²) in [7, 11) is 0. The molecule has 0 saturated carbocycles. The van der Waals surface area contributed by atoms with Crippen molar-refractivity contribution in [2.75, 3.05) is 0 Å². The third-order valence-electron chi connectivity index (χ3n) is 4.93. The van der Waals surface area contributed by atoms with Crippen LogP contribution >= 0.6 is 0 Å². The Morgan fingerprint density at radius 3 is 1.70 bits per heavy atom. The maximum absolute atomic E-state index is 4.69. The minimum Gasteiger partial charge on any atom is -0.264 e. The van der Waals surface area contributed by atoms with Crippen LogP contribution in [0.15, 0.2) is 91.5 Å². The van der Waals surface area contributed by atoms with E-state index in [9.17, 15) is 0 Å². The zero-order valence-electron chi connectivity index (χ0n) is 15.8. The molecule has 0 aliphatic carbocycles. The van der Waals surface area contributed by atoms with Crippen LogP contribution in [0.3, 0.4) is 0 Å². The fraction of sp³-hybridized carbons (Fsp3) is 0. The van der Waals surface area contributed by atoms with Gasteiger partial charge in [-0.05, 0) is 54.1 Å². The van der Waals surface area contributed by atoms with Gasteiger partial charge >= 0.3 is 0 Å². The van der Waals surface area contributed by atoms with Crippen LogP contribution in [0.5, 0.6) is 0 Å². The Labute approximate surface area is 171 Å². The summed E-state index contributed by atoms with van der Waals surface area (Å²) in [5.74, 6) is 1.30. The van der Waals surface area contributed by atoms with E-state index in [-0.39, 0.29) is 0 Å². The number of hydrogen-bond acceptors (Lipinski definition) is 5. The van der Waals surface area contributed by atoms with Crippen LogP contribution in [0.25, 0.3) is 45.2 Å². The predicted octanol–water partition coefficient (Wildman–Crippen LogP) is 4.17. The van der Waals surface area contributed by atoms with Gasteiger partial charge in [0.05, 0.1) is 0 Å². The second-order valence-corrected chi connectivity index (χ2v) is 6.92. The summed E-state index contributed by atoms with van der Waals surface area (Å²) in [6.45, 7) is 0. The van der Waals surface area contributed by atoms with Crippen molar-refractivity contribution in [3.63, 3.8) is 0 Å². The van der Waals surface area contributed by atoms with E-state index in [4.69, 9.17) is 0 Å². The van der Waals surface area contributed by atoms with Gasteiger partial charge in [0, 0.05) is 41.5 Å². The molecule has 30 heavy (non-hydrogen) atoms. The molecule has 5 aromatic heterocycles. The summed E-state index contributed by atoms with van der Waals surface area (Å²) >= 11 is 0. The smallest absolute Gasteiger partial charge is 0.182 e. The first kappa shape index (κ1) is 16.6. The Morgan fingerprint density at radius 1 is 0.567 bits per heavy atom. The SMILES string of the molecule is c1cncc(-c2cc(-c3nc4ccccn4n3)cc(-c3nc4ccccn4n3)c2)c1. The van der Waals surface area contributed by atoms with E-state index in [0.29, 0.717) is 11.6 Å². The number of hydrogen-bond donors (Lipinski definition) is 0. The molecule has 0 amide bonds. The van der Waals surface area contributed by atoms with Gasteiger partial charge < -0.3 is 0 Å². The number of rotatable bonds is 3. The van der Waals surface area contributed by atoms with E-state index in [0.717, 1.165) is 33.5 Å². The van der Waals surface area contributed by atoms with Crippen molar-refractivity contribution in [2.24, 2.45) is 0 Å². The van der Waals surface area contributed by atoms with Gasteiger partial charge in [-0.3, -0.25) is 4.98 Å². The van der Waals surface area contributed by atoms with E-state index in [1.807, 2.05) is 73.2 Å². The molecule has 142 valence electrons. The van der Waals surface area contributed by atoms with Crippen molar-refractivity contribution in [1.29, 1.82) is 0 Å². The number of nitrogens with zero attached hydrogens (tertiary/aromatic N) is 7. The molecule has 0 aliphatic rings. The second kappa shape index (κ2) is 6.59. The lowest BCUT2D eigenvalue weighted by Gasteiger charge is -2.06. The Balaban J connectivity index is 1.57. The molecule has 5 heterocycles. The molecule has 7 nitrogen and oxygen atoms in total. The van der Waals surface area contributed by atoms with E-state index >= 15 is 0 Å². The van der Waals surface area contributed by atoms with Crippen LogP contribution in [0, 0.1) is 0 Å². The molecule has 0 saturated heterocycles. The van der Waals surface area contributed by atoms with Gasteiger partial charge in [-0.25, -0.2) is 19.0 Å². The van der Waals surface area contributed by atoms with Crippen molar-refractivity contribution in [1.82, 2.24) is 34.2 Å². The predicted molar refractivity (Wildman–Crippen MR) is 114 cm³/mol. The van der Waals surface area contributed by atoms with E-state index in [1.54, 1.807) is 15.2 Å². The van der Waals surface area contributed by atoms with Crippen LogP contribution in [0.2, 0.25) is 0 Å². The zero-order chi connectivity index (χ0) is 19.9. The third-order valence-corrected chi connectivity index (χ3v) is 4.93. The molecule has 0 spiro atoms. The molecule has 1 aromatic carbocycles. The Kier molecular flexibility index (Phi) is 3.64. The van der Waals surface area contributed by atoms with E-state index < -0.39 is 0 Å². The van der Waals surface area contributed by atoms with Crippen LogP contribution in [-0.2, 0) is 0 Å². The lowest BCUT2D eigenvalue weighted by molar-refractivity contribution is 0.964. The summed E-state index contributed by atoms with van der Waals surface area (Å²) in [5, 5.41) is 9.28. The molecule has 0 aliphatic heterocycles. The molecular formula is C23H15N7. The van der Waals surface area contributed by atoms with Crippen molar-refractivity contribution in [2.45, 2.75) is 0 Å². The highest BCUT2D eigenvalue weighted by Gasteiger charge is 2.14. The van der Waals surface area contributed by atoms with Gasteiger partial charge in [-0.1, -0.05) is 18.2 Å². The standard InChI is InChI=1S/C23H15N7/c1-3-10-29-20(7-1)25-22(27-29)18-12-17(16-6-5-9-24-15-16)13-19(14-18)23-26-21-8-2-4-11-30(21)28-23/h1-15H. The molecule has 0 bridgehead atoms. The first-order valence-corrected chi connectivity index (χ1v) is 9.53. The van der Waals surface area contributed by atoms with Crippen molar-refractivity contribution in [3.05, 3.63) is 91.5 Å². The molecule has 0 radical (unpaired) electrons. The number of aromatic nitrogens is 7. The van der Waals surface area contributed by atoms with Crippen molar-refractivity contribution in [3.8, 4) is 33.9 Å². The van der Waals surface area contributed by atoms with Gasteiger partial charge in [0.15, 0.2) is 22.9 Å². The summed E-state index contributed by atoms with van der Waals surface area (Å²) in [4.78, 5) is 13.6. The molecule has 0 fully saturated rings. The second-order valence-electron chi connectivity index (χ2n) is 6.92. The number of fused-ring (bicyclic) bond motifs is 2. The highest BCUT2D eigenvalue weighted by molar-refractivity contribution is 5.77. The minimum atomic E-state index is 0.650. The molecule has 0 unspecified atom stereocenters. The molecular weight excluding hydrogens is 374 g/mol. The molecule has 6 aromatic rings. The van der Waals surface area contributed by atoms with Gasteiger partial charge in [0.25, 0.3) is 0 Å². The molecule has 0 atom stereocenters. The lowest BCUT2D eigenvalue weighted by Crippen LogP contribution is -1.90. The average Bonchev–Trinajstić information content (AvgIpc) is 3.44. The minimum absolute atomic E-state index is 0.650. The maximum Gasteiger partial charge on any atom is 0.182 e. The summed E-state index contributed by atoms with van der Waals surface area (Å²) in [6, 6.07) is 21.8. The van der Waals surface area contributed by atoms with E-state index in [1.165, 1.54) is 0 Å².